The van der Waals surface area contributed by atoms with Crippen LogP contribution in [-0.4, -0.2) is 69.5 Å². The molecule has 2 saturated heterocycles. The average molecular weight is 536 g/mol. The van der Waals surface area contributed by atoms with Gasteiger partial charge in [0.1, 0.15) is 12.2 Å². The molecule has 1 N–H and O–H groups in total. The van der Waals surface area contributed by atoms with Crippen molar-refractivity contribution in [3.63, 3.8) is 0 Å². The number of fused-ring (bicyclic) bond motifs is 3. The SMILES string of the molecule is CC(=O)NC1CCN(C(=O)c2nn(CC(=O)N3CCC(F)(c4cccc(C)c4C)CC3)c3c2[C@@H]2C[C@@H]2C3)CC1. The Morgan fingerprint density at radius 3 is 2.49 bits per heavy atom. The van der Waals surface area contributed by atoms with Crippen LogP contribution in [0.15, 0.2) is 18.2 Å². The number of benzene rings is 1. The van der Waals surface area contributed by atoms with Gasteiger partial charge in [0.05, 0.1) is 0 Å². The van der Waals surface area contributed by atoms with E-state index in [4.69, 9.17) is 5.10 Å². The third-order valence-electron chi connectivity index (χ3n) is 9.52. The van der Waals surface area contributed by atoms with Crippen LogP contribution < -0.4 is 5.32 Å². The van der Waals surface area contributed by atoms with Crippen molar-refractivity contribution in [1.29, 1.82) is 0 Å². The van der Waals surface area contributed by atoms with Crippen LogP contribution in [0.3, 0.4) is 0 Å². The summed E-state index contributed by atoms with van der Waals surface area (Å²) in [6.45, 7) is 7.47. The number of rotatable bonds is 5. The fraction of sp³-hybridized carbons (Fsp3) is 0.600. The van der Waals surface area contributed by atoms with Gasteiger partial charge in [-0.25, -0.2) is 4.39 Å². The van der Waals surface area contributed by atoms with E-state index in [1.165, 1.54) is 6.92 Å². The molecule has 2 aliphatic carbocycles. The molecule has 3 heterocycles. The molecule has 0 unspecified atom stereocenters. The number of hydrogen-bond donors (Lipinski definition) is 1. The number of nitrogens with zero attached hydrogens (tertiary/aromatic N) is 4. The summed E-state index contributed by atoms with van der Waals surface area (Å²) in [6.07, 6.45) is 3.96. The Labute approximate surface area is 228 Å². The molecule has 9 heteroatoms. The number of likely N-dealkylation sites (tertiary alicyclic amines) is 2. The Kier molecular flexibility index (Phi) is 6.50. The molecular weight excluding hydrogens is 497 g/mol. The zero-order chi connectivity index (χ0) is 27.5. The zero-order valence-corrected chi connectivity index (χ0v) is 23.1. The van der Waals surface area contributed by atoms with Gasteiger partial charge < -0.3 is 15.1 Å². The van der Waals surface area contributed by atoms with E-state index < -0.39 is 5.67 Å². The first-order valence-corrected chi connectivity index (χ1v) is 14.3. The molecule has 39 heavy (non-hydrogen) atoms. The lowest BCUT2D eigenvalue weighted by Gasteiger charge is -2.37. The molecule has 0 bridgehead atoms. The van der Waals surface area contributed by atoms with E-state index in [9.17, 15) is 14.4 Å². The number of halogens is 1. The minimum absolute atomic E-state index is 0.0445. The molecule has 1 aromatic carbocycles. The summed E-state index contributed by atoms with van der Waals surface area (Å²) in [5.74, 6) is 0.742. The standard InChI is InChI=1S/C30H38FN5O3/c1-18-5-4-6-24(19(18)2)30(31)9-13-34(14-10-30)26(38)17-36-25-16-21-15-23(21)27(25)28(33-36)29(39)35-11-7-22(8-12-35)32-20(3)37/h4-6,21-23H,7-17H2,1-3H3,(H,32,37)/t21-,23-/m1/s1. The number of alkyl halides is 1. The van der Waals surface area contributed by atoms with E-state index in [1.54, 1.807) is 9.58 Å². The minimum atomic E-state index is -1.42. The van der Waals surface area contributed by atoms with Crippen LogP contribution in [0.5, 0.6) is 0 Å². The second-order valence-electron chi connectivity index (χ2n) is 12.0. The van der Waals surface area contributed by atoms with Crippen molar-refractivity contribution in [2.24, 2.45) is 5.92 Å². The Bertz CT molecular complexity index is 1320. The third-order valence-corrected chi connectivity index (χ3v) is 9.52. The van der Waals surface area contributed by atoms with E-state index in [1.807, 2.05) is 36.9 Å². The van der Waals surface area contributed by atoms with Crippen LogP contribution in [0.1, 0.15) is 83.4 Å². The van der Waals surface area contributed by atoms with E-state index in [-0.39, 0.29) is 43.1 Å². The molecule has 2 aliphatic heterocycles. The van der Waals surface area contributed by atoms with Crippen molar-refractivity contribution in [3.05, 3.63) is 51.8 Å². The van der Waals surface area contributed by atoms with Gasteiger partial charge in [-0.2, -0.15) is 5.10 Å². The Balaban J connectivity index is 1.13. The first-order chi connectivity index (χ1) is 18.6. The molecule has 0 radical (unpaired) electrons. The minimum Gasteiger partial charge on any atom is -0.353 e. The number of carbonyl (C=O) groups is 3. The van der Waals surface area contributed by atoms with E-state index in [2.05, 4.69) is 5.32 Å². The highest BCUT2D eigenvalue weighted by Gasteiger charge is 2.51. The van der Waals surface area contributed by atoms with Crippen LogP contribution in [0.25, 0.3) is 0 Å². The highest BCUT2D eigenvalue weighted by Crippen LogP contribution is 2.57. The number of amides is 3. The molecule has 1 saturated carbocycles. The van der Waals surface area contributed by atoms with E-state index >= 15 is 4.39 Å². The highest BCUT2D eigenvalue weighted by atomic mass is 19.1. The Morgan fingerprint density at radius 1 is 1.08 bits per heavy atom. The van der Waals surface area contributed by atoms with Gasteiger partial charge in [-0.15, -0.1) is 0 Å². The summed E-state index contributed by atoms with van der Waals surface area (Å²) in [7, 11) is 0. The summed E-state index contributed by atoms with van der Waals surface area (Å²) in [6, 6.07) is 5.88. The molecule has 8 nitrogen and oxygen atoms in total. The van der Waals surface area contributed by atoms with Crippen LogP contribution >= 0.6 is 0 Å². The molecule has 0 spiro atoms. The maximum Gasteiger partial charge on any atom is 0.274 e. The summed E-state index contributed by atoms with van der Waals surface area (Å²) in [5.41, 5.74) is 3.94. The predicted octanol–water partition coefficient (Wildman–Crippen LogP) is 3.39. The van der Waals surface area contributed by atoms with Gasteiger partial charge in [-0.05, 0) is 68.1 Å². The van der Waals surface area contributed by atoms with Crippen LogP contribution in [0, 0.1) is 19.8 Å². The number of piperidine rings is 2. The first-order valence-electron chi connectivity index (χ1n) is 14.3. The van der Waals surface area contributed by atoms with Crippen molar-refractivity contribution in [2.45, 2.75) is 83.5 Å². The summed E-state index contributed by atoms with van der Waals surface area (Å²) in [5, 5.41) is 7.67. The topological polar surface area (TPSA) is 87.5 Å². The quantitative estimate of drug-likeness (QED) is 0.636. The normalized spacial score (nSPS) is 23.8. The van der Waals surface area contributed by atoms with Crippen molar-refractivity contribution in [1.82, 2.24) is 24.9 Å². The lowest BCUT2D eigenvalue weighted by Crippen LogP contribution is -2.46. The average Bonchev–Trinajstić information content (AvgIpc) is 3.44. The van der Waals surface area contributed by atoms with Crippen molar-refractivity contribution in [2.75, 3.05) is 26.2 Å². The second-order valence-corrected chi connectivity index (χ2v) is 12.0. The number of carbonyl (C=O) groups excluding carboxylic acids is 3. The lowest BCUT2D eigenvalue weighted by molar-refractivity contribution is -0.134. The third kappa shape index (κ3) is 4.74. The molecule has 2 atom stereocenters. The van der Waals surface area contributed by atoms with E-state index in [0.29, 0.717) is 43.7 Å². The molecule has 6 rings (SSSR count). The highest BCUT2D eigenvalue weighted by molar-refractivity contribution is 5.95. The van der Waals surface area contributed by atoms with Crippen molar-refractivity contribution in [3.8, 4) is 0 Å². The molecule has 4 aliphatic rings. The van der Waals surface area contributed by atoms with Gasteiger partial charge in [-0.1, -0.05) is 18.2 Å². The molecular formula is C30H38FN5O3. The monoisotopic (exact) mass is 535 g/mol. The lowest BCUT2D eigenvalue weighted by atomic mass is 9.82. The van der Waals surface area contributed by atoms with Gasteiger partial charge in [0.15, 0.2) is 5.69 Å². The van der Waals surface area contributed by atoms with E-state index in [0.717, 1.165) is 53.6 Å². The fourth-order valence-corrected chi connectivity index (χ4v) is 6.99. The van der Waals surface area contributed by atoms with Gasteiger partial charge in [0, 0.05) is 63.2 Å². The van der Waals surface area contributed by atoms with Gasteiger partial charge >= 0.3 is 0 Å². The number of hydrogen-bond acceptors (Lipinski definition) is 4. The number of nitrogens with one attached hydrogen (secondary N) is 1. The summed E-state index contributed by atoms with van der Waals surface area (Å²) in [4.78, 5) is 41.9. The smallest absolute Gasteiger partial charge is 0.274 e. The molecule has 3 fully saturated rings. The van der Waals surface area contributed by atoms with Crippen LogP contribution in [-0.2, 0) is 28.2 Å². The molecule has 3 amide bonds. The van der Waals surface area contributed by atoms with Gasteiger partial charge in [0.2, 0.25) is 11.8 Å². The predicted molar refractivity (Wildman–Crippen MR) is 144 cm³/mol. The summed E-state index contributed by atoms with van der Waals surface area (Å²) < 4.78 is 17.7. The Morgan fingerprint density at radius 2 is 1.79 bits per heavy atom. The van der Waals surface area contributed by atoms with Crippen LogP contribution in [0.2, 0.25) is 0 Å². The zero-order valence-electron chi connectivity index (χ0n) is 23.1. The maximum absolute atomic E-state index is 16.0. The largest absolute Gasteiger partial charge is 0.353 e. The van der Waals surface area contributed by atoms with Gasteiger partial charge in [-0.3, -0.25) is 19.1 Å². The second kappa shape index (κ2) is 9.75. The number of aryl methyl sites for hydroxylation is 1. The van der Waals surface area contributed by atoms with Crippen molar-refractivity contribution >= 4 is 17.7 Å². The van der Waals surface area contributed by atoms with Crippen molar-refractivity contribution < 1.29 is 18.8 Å². The molecule has 2 aromatic rings. The first kappa shape index (κ1) is 26.0. The maximum atomic E-state index is 16.0. The number of aromatic nitrogens is 2. The van der Waals surface area contributed by atoms with Crippen LogP contribution in [0.4, 0.5) is 4.39 Å². The Hall–Kier alpha value is -3.23. The van der Waals surface area contributed by atoms with Gasteiger partial charge in [0.25, 0.3) is 5.91 Å². The molecule has 208 valence electrons. The fourth-order valence-electron chi connectivity index (χ4n) is 6.99. The summed E-state index contributed by atoms with van der Waals surface area (Å²) >= 11 is 0. The molecule has 1 aromatic heterocycles.